The zero-order valence-corrected chi connectivity index (χ0v) is 46.9. The van der Waals surface area contributed by atoms with Gasteiger partial charge in [0.15, 0.2) is 16.6 Å². The second-order valence-electron chi connectivity index (χ2n) is 18.4. The first-order valence-corrected chi connectivity index (χ1v) is 26.8. The number of aliphatic carboxylic acids is 1. The molecule has 434 valence electrons. The SMILES string of the molecule is CCc1nc(C)oc1C(=O)/N=c1\sc2cc(C(N)=O)cc(OC)c2n1C/C=C/Cn1c(NC(=O)c2oc(C)nc2CC)nc2cc(C(N)=O)cc(OCCCOC(=O)[C@H](C)NC(=O)[C@H](CCC(=O)O)NC(=O)CN3C(=O)CC(S)C3=O)c21. The number of esters is 1. The van der Waals surface area contributed by atoms with E-state index in [1.165, 1.54) is 32.2 Å². The number of carbonyl (C=O) groups is 10. The largest absolute Gasteiger partial charge is 0.494 e. The van der Waals surface area contributed by atoms with Crippen molar-refractivity contribution in [2.24, 2.45) is 16.5 Å². The topological polar surface area (TPSA) is 397 Å². The summed E-state index contributed by atoms with van der Waals surface area (Å²) in [5, 5.41) is 15.8. The quantitative estimate of drug-likeness (QED) is 0.0135. The first-order valence-electron chi connectivity index (χ1n) is 25.5. The number of carbonyl (C=O) groups excluding carboxylic acids is 9. The van der Waals surface area contributed by atoms with Crippen LogP contribution in [0.2, 0.25) is 0 Å². The van der Waals surface area contributed by atoms with Crippen LogP contribution in [0.1, 0.15) is 111 Å². The van der Waals surface area contributed by atoms with Crippen LogP contribution < -0.4 is 41.7 Å². The van der Waals surface area contributed by atoms with Crippen molar-refractivity contribution >= 4 is 110 Å². The zero-order chi connectivity index (χ0) is 59.7. The van der Waals surface area contributed by atoms with Crippen LogP contribution >= 0.6 is 24.0 Å². The van der Waals surface area contributed by atoms with Crippen LogP contribution in [0, 0.1) is 13.8 Å². The monoisotopic (exact) mass is 1170 g/mol. The molecule has 1 saturated heterocycles. The molecule has 7 rings (SSSR count). The highest BCUT2D eigenvalue weighted by Gasteiger charge is 2.38. The number of allylic oxidation sites excluding steroid dienone is 2. The minimum Gasteiger partial charge on any atom is -0.494 e. The summed E-state index contributed by atoms with van der Waals surface area (Å²) in [6.07, 6.45) is 3.10. The molecular formula is C52H58N12O16S2. The molecule has 0 radical (unpaired) electrons. The number of rotatable bonds is 26. The fraction of sp³-hybridized carbons (Fsp3) is 0.385. The molecule has 6 aromatic rings. The van der Waals surface area contributed by atoms with Crippen molar-refractivity contribution in [2.75, 3.05) is 32.2 Å². The molecule has 3 atom stereocenters. The highest BCUT2D eigenvalue weighted by Crippen LogP contribution is 2.33. The van der Waals surface area contributed by atoms with Crippen LogP contribution in [0.15, 0.2) is 50.2 Å². The third kappa shape index (κ3) is 14.0. The van der Waals surface area contributed by atoms with E-state index in [1.54, 1.807) is 48.1 Å². The molecule has 28 nitrogen and oxygen atoms in total. The minimum atomic E-state index is -1.47. The maximum Gasteiger partial charge on any atom is 0.328 e. The van der Waals surface area contributed by atoms with Gasteiger partial charge in [-0.15, -0.1) is 0 Å². The molecule has 0 spiro atoms. The van der Waals surface area contributed by atoms with Crippen LogP contribution in [0.25, 0.3) is 21.3 Å². The minimum absolute atomic E-state index is 0.00980. The fourth-order valence-electron chi connectivity index (χ4n) is 8.56. The van der Waals surface area contributed by atoms with E-state index in [-0.39, 0.29) is 107 Å². The lowest BCUT2D eigenvalue weighted by molar-refractivity contribution is -0.148. The van der Waals surface area contributed by atoms with Gasteiger partial charge in [0.2, 0.25) is 52.9 Å². The number of hydrogen-bond donors (Lipinski definition) is 7. The van der Waals surface area contributed by atoms with E-state index >= 15 is 0 Å². The third-order valence-electron chi connectivity index (χ3n) is 12.5. The number of carboxylic acid groups (broad SMARTS) is 1. The molecule has 1 aliphatic rings. The van der Waals surface area contributed by atoms with Crippen molar-refractivity contribution in [3.05, 3.63) is 87.0 Å². The van der Waals surface area contributed by atoms with E-state index in [9.17, 15) is 53.1 Å². The summed E-state index contributed by atoms with van der Waals surface area (Å²) >= 11 is 5.12. The smallest absolute Gasteiger partial charge is 0.328 e. The number of thiol groups is 1. The van der Waals surface area contributed by atoms with Gasteiger partial charge in [-0.1, -0.05) is 37.3 Å². The van der Waals surface area contributed by atoms with Crippen molar-refractivity contribution in [1.29, 1.82) is 0 Å². The number of nitrogens with zero attached hydrogens (tertiary/aromatic N) is 7. The number of aromatic nitrogens is 5. The Hall–Kier alpha value is -9.19. The lowest BCUT2D eigenvalue weighted by atomic mass is 10.1. The Morgan fingerprint density at radius 1 is 0.878 bits per heavy atom. The molecule has 1 fully saturated rings. The highest BCUT2D eigenvalue weighted by molar-refractivity contribution is 7.81. The normalized spacial score (nSPS) is 14.4. The molecule has 30 heteroatoms. The average Bonchev–Trinajstić information content (AvgIpc) is 4.42. The van der Waals surface area contributed by atoms with Gasteiger partial charge in [0, 0.05) is 57.3 Å². The number of anilines is 1. The van der Waals surface area contributed by atoms with E-state index in [1.807, 2.05) is 6.92 Å². The van der Waals surface area contributed by atoms with Gasteiger partial charge in [-0.3, -0.25) is 53.4 Å². The van der Waals surface area contributed by atoms with E-state index < -0.39 is 95.9 Å². The van der Waals surface area contributed by atoms with Gasteiger partial charge in [0.25, 0.3) is 5.91 Å². The molecule has 4 aromatic heterocycles. The molecule has 5 heterocycles. The van der Waals surface area contributed by atoms with Crippen molar-refractivity contribution in [1.82, 2.24) is 39.6 Å². The molecule has 2 aromatic carbocycles. The van der Waals surface area contributed by atoms with Crippen molar-refractivity contribution in [3.63, 3.8) is 0 Å². The number of imidazole rings is 1. The summed E-state index contributed by atoms with van der Waals surface area (Å²) in [5.41, 5.74) is 13.3. The Labute approximate surface area is 475 Å². The molecule has 0 bridgehead atoms. The number of fused-ring (bicyclic) bond motifs is 2. The predicted molar refractivity (Wildman–Crippen MR) is 293 cm³/mol. The predicted octanol–water partition coefficient (Wildman–Crippen LogP) is 2.45. The Kier molecular flexibility index (Phi) is 19.5. The zero-order valence-electron chi connectivity index (χ0n) is 45.2. The maximum absolute atomic E-state index is 13.9. The van der Waals surface area contributed by atoms with Crippen LogP contribution in [0.5, 0.6) is 11.5 Å². The molecule has 0 saturated carbocycles. The summed E-state index contributed by atoms with van der Waals surface area (Å²) < 4.78 is 32.4. The number of thiazole rings is 1. The van der Waals surface area contributed by atoms with E-state index in [2.05, 4.69) is 48.5 Å². The number of nitrogens with one attached hydrogen (secondary N) is 3. The number of aryl methyl sites for hydroxylation is 4. The van der Waals surface area contributed by atoms with Crippen LogP contribution in [-0.2, 0) is 59.4 Å². The van der Waals surface area contributed by atoms with E-state index in [4.69, 9.17) is 34.5 Å². The number of amides is 8. The summed E-state index contributed by atoms with van der Waals surface area (Å²) in [4.78, 5) is 146. The van der Waals surface area contributed by atoms with E-state index in [0.717, 1.165) is 11.3 Å². The number of hydrogen-bond acceptors (Lipinski definition) is 20. The number of likely N-dealkylation sites (tertiary alicyclic amines) is 1. The second-order valence-corrected chi connectivity index (χ2v) is 20.0. The molecule has 8 N–H and O–H groups in total. The number of oxazole rings is 2. The molecule has 82 heavy (non-hydrogen) atoms. The average molecular weight is 1170 g/mol. The first-order chi connectivity index (χ1) is 39.0. The van der Waals surface area contributed by atoms with Crippen LogP contribution in [0.4, 0.5) is 5.95 Å². The molecular weight excluding hydrogens is 1110 g/mol. The standard InChI is InChI=1S/C52H58N12O16S2/c1-7-29-42(79-25(4)56-29)47(72)60-51-59-32-18-27(44(53)69)20-34(77-16-11-17-78-50(75)24(3)55-46(71)31(12-13-39(67)68)58-37(65)23-64-38(66)22-35(81)49(64)74)40(32)62(51)14-9-10-15-63-41-33(76-6)19-28(45(54)70)21-36(41)82-52(63)61-48(73)43-30(8-2)57-26(5)80-43/h9-10,18-21,24,31,35,81H,7-8,11-17,22-23H2,1-6H3,(H2,53,69)(H2,54,70)(H,55,71)(H,58,65)(H,67,68)(H,59,60,72)/b10-9+,61-52-/t24-,31-,35?/m0/s1. The van der Waals surface area contributed by atoms with Crippen LogP contribution in [-0.4, -0.2) is 137 Å². The number of primary amides is 2. The Morgan fingerprint density at radius 2 is 1.51 bits per heavy atom. The Balaban J connectivity index is 1.12. The molecule has 0 aliphatic carbocycles. The van der Waals surface area contributed by atoms with Gasteiger partial charge in [-0.25, -0.2) is 19.7 Å². The van der Waals surface area contributed by atoms with Crippen molar-refractivity contribution < 1.29 is 76.1 Å². The fourth-order valence-corrected chi connectivity index (χ4v) is 9.96. The Morgan fingerprint density at radius 3 is 2.13 bits per heavy atom. The van der Waals surface area contributed by atoms with Crippen molar-refractivity contribution in [3.8, 4) is 11.5 Å². The van der Waals surface area contributed by atoms with Crippen LogP contribution in [0.3, 0.4) is 0 Å². The van der Waals surface area contributed by atoms with Gasteiger partial charge < -0.3 is 59.4 Å². The highest BCUT2D eigenvalue weighted by atomic mass is 32.1. The summed E-state index contributed by atoms with van der Waals surface area (Å²) in [7, 11) is 1.41. The molecule has 8 amide bonds. The summed E-state index contributed by atoms with van der Waals surface area (Å²) in [6.45, 7) is 7.01. The van der Waals surface area contributed by atoms with Gasteiger partial charge in [0.1, 0.15) is 41.2 Å². The van der Waals surface area contributed by atoms with Gasteiger partial charge in [-0.2, -0.15) is 17.6 Å². The van der Waals surface area contributed by atoms with Gasteiger partial charge in [-0.05, 0) is 50.5 Å². The lowest BCUT2D eigenvalue weighted by Crippen LogP contribution is -2.53. The number of imide groups is 1. The number of ether oxygens (including phenoxy) is 3. The summed E-state index contributed by atoms with van der Waals surface area (Å²) in [5.74, 6) is -7.54. The second kappa shape index (κ2) is 26.4. The Bertz CT molecular complexity index is 3650. The maximum atomic E-state index is 13.9. The molecule has 1 aliphatic heterocycles. The van der Waals surface area contributed by atoms with Gasteiger partial charge in [0.05, 0.1) is 47.2 Å². The lowest BCUT2D eigenvalue weighted by Gasteiger charge is -2.22. The summed E-state index contributed by atoms with van der Waals surface area (Å²) in [6, 6.07) is 3.03. The third-order valence-corrected chi connectivity index (χ3v) is 13.9. The number of nitrogens with two attached hydrogens (primary N) is 2. The van der Waals surface area contributed by atoms with Crippen molar-refractivity contribution in [2.45, 2.75) is 104 Å². The number of carboxylic acids is 1. The number of benzene rings is 2. The van der Waals surface area contributed by atoms with Gasteiger partial charge >= 0.3 is 17.8 Å². The van der Waals surface area contributed by atoms with E-state index in [0.29, 0.717) is 39.3 Å². The first kappa shape index (κ1) is 60.5. The molecule has 1 unspecified atom stereocenters. The number of methoxy groups -OCH3 is 1.